The van der Waals surface area contributed by atoms with Crippen LogP contribution in [0.4, 0.5) is 5.95 Å². The van der Waals surface area contributed by atoms with Crippen molar-refractivity contribution in [1.29, 1.82) is 0 Å². The van der Waals surface area contributed by atoms with E-state index in [0.29, 0.717) is 17.1 Å². The van der Waals surface area contributed by atoms with Gasteiger partial charge in [-0.05, 0) is 17.9 Å². The van der Waals surface area contributed by atoms with E-state index in [0.717, 1.165) is 6.54 Å². The average molecular weight is 285 g/mol. The van der Waals surface area contributed by atoms with Crippen molar-refractivity contribution in [2.75, 3.05) is 18.1 Å². The summed E-state index contributed by atoms with van der Waals surface area (Å²) < 4.78 is 1.68. The van der Waals surface area contributed by atoms with Gasteiger partial charge >= 0.3 is 0 Å². The van der Waals surface area contributed by atoms with Crippen LogP contribution in [0.1, 0.15) is 6.92 Å². The topological polar surface area (TPSA) is 68.5 Å². The summed E-state index contributed by atoms with van der Waals surface area (Å²) in [5.41, 5.74) is 0. The Bertz CT molecular complexity index is 503. The molecule has 0 aliphatic rings. The van der Waals surface area contributed by atoms with Crippen LogP contribution in [0.15, 0.2) is 18.7 Å². The molecule has 18 heavy (non-hydrogen) atoms. The van der Waals surface area contributed by atoms with Gasteiger partial charge in [0, 0.05) is 24.2 Å². The molecule has 8 heteroatoms. The van der Waals surface area contributed by atoms with Crippen LogP contribution in [0.3, 0.4) is 0 Å². The molecule has 0 fully saturated rings. The third kappa shape index (κ3) is 3.33. The largest absolute Gasteiger partial charge is 0.353 e. The predicted octanol–water partition coefficient (Wildman–Crippen LogP) is 1.87. The van der Waals surface area contributed by atoms with E-state index >= 15 is 0 Å². The van der Waals surface area contributed by atoms with Crippen molar-refractivity contribution >= 4 is 29.3 Å². The van der Waals surface area contributed by atoms with Gasteiger partial charge in [-0.2, -0.15) is 26.7 Å². The van der Waals surface area contributed by atoms with Crippen molar-refractivity contribution in [3.8, 4) is 5.95 Å². The number of anilines is 1. The molecule has 96 valence electrons. The number of imidazole rings is 1. The lowest BCUT2D eigenvalue weighted by atomic mass is 10.5. The first-order valence-electron chi connectivity index (χ1n) is 5.35. The molecule has 1 unspecified atom stereocenters. The summed E-state index contributed by atoms with van der Waals surface area (Å²) in [4.78, 5) is 16.3. The second-order valence-electron chi connectivity index (χ2n) is 3.63. The summed E-state index contributed by atoms with van der Waals surface area (Å²) in [6.45, 7) is 2.89. The fourth-order valence-electron chi connectivity index (χ4n) is 1.23. The van der Waals surface area contributed by atoms with Crippen LogP contribution in [0.25, 0.3) is 5.95 Å². The number of rotatable bonds is 5. The summed E-state index contributed by atoms with van der Waals surface area (Å²) in [7, 11) is 0. The summed E-state index contributed by atoms with van der Waals surface area (Å²) in [5.74, 6) is 0.923. The minimum Gasteiger partial charge on any atom is -0.353 e. The molecule has 0 aliphatic carbocycles. The number of nitrogens with zero attached hydrogens (tertiary/aromatic N) is 5. The van der Waals surface area contributed by atoms with Crippen LogP contribution in [0.2, 0.25) is 5.28 Å². The number of hydrogen-bond acceptors (Lipinski definition) is 6. The van der Waals surface area contributed by atoms with E-state index in [1.165, 1.54) is 0 Å². The van der Waals surface area contributed by atoms with Crippen molar-refractivity contribution < 1.29 is 0 Å². The first-order chi connectivity index (χ1) is 8.69. The minimum absolute atomic E-state index is 0.160. The molecule has 0 aromatic carbocycles. The van der Waals surface area contributed by atoms with Crippen LogP contribution in [-0.2, 0) is 0 Å². The smallest absolute Gasteiger partial charge is 0.241 e. The zero-order chi connectivity index (χ0) is 13.0. The Morgan fingerprint density at radius 1 is 1.44 bits per heavy atom. The van der Waals surface area contributed by atoms with Gasteiger partial charge in [-0.25, -0.2) is 4.98 Å². The second kappa shape index (κ2) is 6.01. The number of nitrogens with one attached hydrogen (secondary N) is 1. The van der Waals surface area contributed by atoms with E-state index in [4.69, 9.17) is 11.6 Å². The Kier molecular flexibility index (Phi) is 4.38. The number of aromatic nitrogens is 5. The molecule has 0 aliphatic heterocycles. The zero-order valence-corrected chi connectivity index (χ0v) is 11.6. The Labute approximate surface area is 114 Å². The summed E-state index contributed by atoms with van der Waals surface area (Å²) in [5, 5.41) is 3.77. The van der Waals surface area contributed by atoms with Crippen LogP contribution in [0.5, 0.6) is 0 Å². The van der Waals surface area contributed by atoms with Gasteiger partial charge in [-0.15, -0.1) is 0 Å². The molecular formula is C10H13ClN6S. The quantitative estimate of drug-likeness (QED) is 0.904. The van der Waals surface area contributed by atoms with Gasteiger partial charge in [0.1, 0.15) is 6.33 Å². The van der Waals surface area contributed by atoms with E-state index in [2.05, 4.69) is 38.4 Å². The van der Waals surface area contributed by atoms with E-state index < -0.39 is 0 Å². The molecule has 0 amide bonds. The van der Waals surface area contributed by atoms with Gasteiger partial charge in [0.25, 0.3) is 0 Å². The Morgan fingerprint density at radius 2 is 2.28 bits per heavy atom. The molecule has 2 rings (SSSR count). The first-order valence-corrected chi connectivity index (χ1v) is 7.02. The minimum atomic E-state index is 0.160. The lowest BCUT2D eigenvalue weighted by molar-refractivity contribution is 0.882. The lowest BCUT2D eigenvalue weighted by Crippen LogP contribution is -2.16. The zero-order valence-electron chi connectivity index (χ0n) is 10.0. The number of halogens is 1. The van der Waals surface area contributed by atoms with Gasteiger partial charge in [0.05, 0.1) is 0 Å². The highest BCUT2D eigenvalue weighted by molar-refractivity contribution is 7.99. The summed E-state index contributed by atoms with van der Waals surface area (Å²) >= 11 is 7.64. The molecule has 2 aromatic rings. The maximum Gasteiger partial charge on any atom is 0.241 e. The van der Waals surface area contributed by atoms with Crippen LogP contribution >= 0.6 is 23.4 Å². The maximum atomic E-state index is 5.87. The number of hydrogen-bond donors (Lipinski definition) is 1. The van der Waals surface area contributed by atoms with Gasteiger partial charge < -0.3 is 5.32 Å². The molecule has 2 heterocycles. The maximum absolute atomic E-state index is 5.87. The third-order valence-electron chi connectivity index (χ3n) is 2.28. The van der Waals surface area contributed by atoms with Gasteiger partial charge in [-0.3, -0.25) is 4.57 Å². The van der Waals surface area contributed by atoms with Crippen molar-refractivity contribution in [2.45, 2.75) is 12.2 Å². The Morgan fingerprint density at radius 3 is 2.94 bits per heavy atom. The van der Waals surface area contributed by atoms with Gasteiger partial charge in [0.15, 0.2) is 0 Å². The molecule has 0 spiro atoms. The molecule has 0 saturated carbocycles. The highest BCUT2D eigenvalue weighted by Crippen LogP contribution is 2.11. The van der Waals surface area contributed by atoms with E-state index in [1.807, 2.05) is 0 Å². The molecule has 0 saturated heterocycles. The number of thioether (sulfide) groups is 1. The fourth-order valence-corrected chi connectivity index (χ4v) is 1.64. The molecule has 6 nitrogen and oxygen atoms in total. The van der Waals surface area contributed by atoms with E-state index in [1.54, 1.807) is 35.0 Å². The summed E-state index contributed by atoms with van der Waals surface area (Å²) in [6.07, 6.45) is 7.07. The van der Waals surface area contributed by atoms with Crippen molar-refractivity contribution in [1.82, 2.24) is 24.5 Å². The first kappa shape index (κ1) is 13.1. The Hall–Kier alpha value is -1.34. The Balaban J connectivity index is 2.17. The monoisotopic (exact) mass is 284 g/mol. The molecule has 0 bridgehead atoms. The lowest BCUT2D eigenvalue weighted by Gasteiger charge is -2.10. The standard InChI is InChI=1S/C10H13ClN6S/c1-7(18-2)5-13-9-14-8(11)15-10(16-9)17-4-3-12-6-17/h3-4,6-7H,5H2,1-2H3,(H,13,14,15,16). The van der Waals surface area contributed by atoms with Crippen molar-refractivity contribution in [3.05, 3.63) is 24.0 Å². The molecule has 1 atom stereocenters. The molecule has 2 aromatic heterocycles. The fraction of sp³-hybridized carbons (Fsp3) is 0.400. The predicted molar refractivity (Wildman–Crippen MR) is 73.4 cm³/mol. The van der Waals surface area contributed by atoms with Crippen molar-refractivity contribution in [2.24, 2.45) is 0 Å². The van der Waals surface area contributed by atoms with Crippen LogP contribution in [-0.4, -0.2) is 42.6 Å². The van der Waals surface area contributed by atoms with Gasteiger partial charge in [0.2, 0.25) is 17.2 Å². The van der Waals surface area contributed by atoms with E-state index in [9.17, 15) is 0 Å². The normalized spacial score (nSPS) is 12.4. The second-order valence-corrected chi connectivity index (χ2v) is 5.24. The van der Waals surface area contributed by atoms with Gasteiger partial charge in [-0.1, -0.05) is 6.92 Å². The van der Waals surface area contributed by atoms with Crippen molar-refractivity contribution in [3.63, 3.8) is 0 Å². The average Bonchev–Trinajstić information content (AvgIpc) is 2.89. The highest BCUT2D eigenvalue weighted by atomic mass is 35.5. The van der Waals surface area contributed by atoms with E-state index in [-0.39, 0.29) is 5.28 Å². The SMILES string of the molecule is CSC(C)CNc1nc(Cl)nc(-n2ccnc2)n1. The summed E-state index contributed by atoms with van der Waals surface area (Å²) in [6, 6.07) is 0. The molecule has 0 radical (unpaired) electrons. The molecule has 1 N–H and O–H groups in total. The van der Waals surface area contributed by atoms with Crippen LogP contribution < -0.4 is 5.32 Å². The van der Waals surface area contributed by atoms with Crippen LogP contribution in [0, 0.1) is 0 Å². The third-order valence-corrected chi connectivity index (χ3v) is 3.42. The molecular weight excluding hydrogens is 272 g/mol. The highest BCUT2D eigenvalue weighted by Gasteiger charge is 2.07.